The Kier molecular flexibility index (Phi) is 4.84. The summed E-state index contributed by atoms with van der Waals surface area (Å²) in [6.07, 6.45) is 2.32. The lowest BCUT2D eigenvalue weighted by Gasteiger charge is -2.04. The molecule has 0 saturated heterocycles. The van der Waals surface area contributed by atoms with Gasteiger partial charge in [0, 0.05) is 28.6 Å². The van der Waals surface area contributed by atoms with Gasteiger partial charge in [0.25, 0.3) is 0 Å². The van der Waals surface area contributed by atoms with Gasteiger partial charge < -0.3 is 5.73 Å². The van der Waals surface area contributed by atoms with E-state index in [1.807, 2.05) is 18.4 Å². The van der Waals surface area contributed by atoms with Gasteiger partial charge in [-0.15, -0.1) is 11.3 Å². The molecule has 0 atom stereocenters. The van der Waals surface area contributed by atoms with Crippen LogP contribution in [0, 0.1) is 0 Å². The fourth-order valence-corrected chi connectivity index (χ4v) is 4.25. The fourth-order valence-electron chi connectivity index (χ4n) is 1.66. The van der Waals surface area contributed by atoms with Crippen LogP contribution in [-0.4, -0.2) is 18.2 Å². The zero-order valence-electron chi connectivity index (χ0n) is 10.8. The number of rotatable bonds is 6. The van der Waals surface area contributed by atoms with Gasteiger partial charge in [0.2, 0.25) is 10.0 Å². The van der Waals surface area contributed by atoms with Gasteiger partial charge in [0.1, 0.15) is 4.90 Å². The number of hydrogen-bond donors (Lipinski definition) is 2. The predicted molar refractivity (Wildman–Crippen MR) is 83.0 cm³/mol. The summed E-state index contributed by atoms with van der Waals surface area (Å²) in [5, 5.41) is 5.89. The SMILES string of the molecule is CCCn1cc(S(=O)(=O)NCc2sccc2Br)c(N)n1. The maximum Gasteiger partial charge on any atom is 0.246 e. The van der Waals surface area contributed by atoms with Crippen LogP contribution < -0.4 is 10.5 Å². The molecule has 0 bridgehead atoms. The molecule has 0 radical (unpaired) electrons. The molecule has 0 amide bonds. The molecule has 2 rings (SSSR count). The summed E-state index contributed by atoms with van der Waals surface area (Å²) in [6.45, 7) is 2.84. The predicted octanol–water partition coefficient (Wildman–Crippen LogP) is 2.18. The molecule has 110 valence electrons. The summed E-state index contributed by atoms with van der Waals surface area (Å²) in [7, 11) is -3.65. The molecule has 0 aliphatic carbocycles. The van der Waals surface area contributed by atoms with Crippen LogP contribution in [0.5, 0.6) is 0 Å². The highest BCUT2D eigenvalue weighted by atomic mass is 79.9. The van der Waals surface area contributed by atoms with Gasteiger partial charge in [-0.05, 0) is 33.8 Å². The first-order valence-electron chi connectivity index (χ1n) is 5.98. The number of nitrogens with two attached hydrogens (primary N) is 1. The monoisotopic (exact) mass is 378 g/mol. The average molecular weight is 379 g/mol. The van der Waals surface area contributed by atoms with Gasteiger partial charge in [-0.3, -0.25) is 4.68 Å². The molecule has 6 nitrogen and oxygen atoms in total. The van der Waals surface area contributed by atoms with Crippen LogP contribution in [0.2, 0.25) is 0 Å². The highest BCUT2D eigenvalue weighted by Crippen LogP contribution is 2.23. The summed E-state index contributed by atoms with van der Waals surface area (Å²) >= 11 is 4.84. The molecule has 2 aromatic rings. The quantitative estimate of drug-likeness (QED) is 0.805. The lowest BCUT2D eigenvalue weighted by Crippen LogP contribution is -2.23. The van der Waals surface area contributed by atoms with Crippen LogP contribution in [0.15, 0.2) is 27.0 Å². The molecule has 9 heteroatoms. The van der Waals surface area contributed by atoms with E-state index in [0.717, 1.165) is 15.8 Å². The molecule has 0 saturated carbocycles. The van der Waals surface area contributed by atoms with Crippen molar-refractivity contribution in [3.05, 3.63) is 27.0 Å². The molecule has 2 heterocycles. The number of nitrogens with one attached hydrogen (secondary N) is 1. The van der Waals surface area contributed by atoms with E-state index in [1.165, 1.54) is 17.5 Å². The van der Waals surface area contributed by atoms with Crippen molar-refractivity contribution in [3.8, 4) is 0 Å². The Hall–Kier alpha value is -0.900. The summed E-state index contributed by atoms with van der Waals surface area (Å²) in [5.74, 6) is 0.0243. The average Bonchev–Trinajstić information content (AvgIpc) is 2.94. The fraction of sp³-hybridized carbons (Fsp3) is 0.364. The number of anilines is 1. The van der Waals surface area contributed by atoms with E-state index in [-0.39, 0.29) is 17.3 Å². The van der Waals surface area contributed by atoms with E-state index < -0.39 is 10.0 Å². The Balaban J connectivity index is 2.16. The molecule has 2 aromatic heterocycles. The van der Waals surface area contributed by atoms with Crippen LogP contribution in [-0.2, 0) is 23.1 Å². The van der Waals surface area contributed by atoms with E-state index in [2.05, 4.69) is 25.8 Å². The first kappa shape index (κ1) is 15.5. The molecule has 20 heavy (non-hydrogen) atoms. The van der Waals surface area contributed by atoms with Gasteiger partial charge in [-0.2, -0.15) is 5.10 Å². The van der Waals surface area contributed by atoms with Gasteiger partial charge in [0.05, 0.1) is 0 Å². The van der Waals surface area contributed by atoms with Crippen molar-refractivity contribution in [2.45, 2.75) is 31.3 Å². The molecule has 3 N–H and O–H groups in total. The van der Waals surface area contributed by atoms with Crippen molar-refractivity contribution in [1.82, 2.24) is 14.5 Å². The van der Waals surface area contributed by atoms with Gasteiger partial charge in [-0.1, -0.05) is 6.92 Å². The minimum atomic E-state index is -3.65. The minimum Gasteiger partial charge on any atom is -0.381 e. The molecule has 0 spiro atoms. The maximum atomic E-state index is 12.2. The van der Waals surface area contributed by atoms with Crippen LogP contribution >= 0.6 is 27.3 Å². The third-order valence-electron chi connectivity index (χ3n) is 2.61. The number of nitrogen functional groups attached to an aromatic ring is 1. The first-order chi connectivity index (χ1) is 9.44. The third-order valence-corrected chi connectivity index (χ3v) is 5.96. The van der Waals surface area contributed by atoms with Gasteiger partial charge >= 0.3 is 0 Å². The molecule has 0 aliphatic rings. The lowest BCUT2D eigenvalue weighted by molar-refractivity contribution is 0.579. The Bertz CT molecular complexity index is 693. The van der Waals surface area contributed by atoms with Crippen molar-refractivity contribution in [2.24, 2.45) is 0 Å². The Morgan fingerprint density at radius 1 is 1.55 bits per heavy atom. The van der Waals surface area contributed by atoms with E-state index in [1.54, 1.807) is 4.68 Å². The van der Waals surface area contributed by atoms with E-state index in [4.69, 9.17) is 5.73 Å². The lowest BCUT2D eigenvalue weighted by atomic mass is 10.5. The zero-order valence-corrected chi connectivity index (χ0v) is 14.1. The smallest absolute Gasteiger partial charge is 0.246 e. The van der Waals surface area contributed by atoms with Crippen molar-refractivity contribution >= 4 is 43.1 Å². The highest BCUT2D eigenvalue weighted by Gasteiger charge is 2.21. The van der Waals surface area contributed by atoms with Gasteiger partial charge in [0.15, 0.2) is 5.82 Å². The largest absolute Gasteiger partial charge is 0.381 e. The van der Waals surface area contributed by atoms with E-state index in [0.29, 0.717) is 6.54 Å². The second-order valence-electron chi connectivity index (χ2n) is 4.16. The van der Waals surface area contributed by atoms with Crippen molar-refractivity contribution in [1.29, 1.82) is 0 Å². The van der Waals surface area contributed by atoms with Crippen LogP contribution in [0.1, 0.15) is 18.2 Å². The summed E-state index contributed by atoms with van der Waals surface area (Å²) in [5.41, 5.74) is 5.68. The molecular formula is C11H15BrN4O2S2. The minimum absolute atomic E-state index is 0.0243. The Morgan fingerprint density at radius 2 is 2.30 bits per heavy atom. The Morgan fingerprint density at radius 3 is 2.90 bits per heavy atom. The molecule has 0 aromatic carbocycles. The third kappa shape index (κ3) is 3.40. The van der Waals surface area contributed by atoms with Crippen molar-refractivity contribution in [2.75, 3.05) is 5.73 Å². The maximum absolute atomic E-state index is 12.2. The standard InChI is InChI=1S/C11H15BrN4O2S2/c1-2-4-16-7-10(11(13)15-16)20(17,18)14-6-9-8(12)3-5-19-9/h3,5,7,14H,2,4,6H2,1H3,(H2,13,15). The molecule has 0 unspecified atom stereocenters. The van der Waals surface area contributed by atoms with E-state index >= 15 is 0 Å². The van der Waals surface area contributed by atoms with Crippen LogP contribution in [0.3, 0.4) is 0 Å². The van der Waals surface area contributed by atoms with Gasteiger partial charge in [-0.25, -0.2) is 13.1 Å². The molecule has 0 aliphatic heterocycles. The number of hydrogen-bond acceptors (Lipinski definition) is 5. The second kappa shape index (κ2) is 6.25. The first-order valence-corrected chi connectivity index (χ1v) is 9.14. The zero-order chi connectivity index (χ0) is 14.8. The number of sulfonamides is 1. The molecule has 0 fully saturated rings. The number of aromatic nitrogens is 2. The highest BCUT2D eigenvalue weighted by molar-refractivity contribution is 9.10. The van der Waals surface area contributed by atoms with Crippen molar-refractivity contribution in [3.63, 3.8) is 0 Å². The topological polar surface area (TPSA) is 90.0 Å². The number of thiophene rings is 1. The summed E-state index contributed by atoms with van der Waals surface area (Å²) < 4.78 is 29.4. The van der Waals surface area contributed by atoms with Crippen molar-refractivity contribution < 1.29 is 8.42 Å². The van der Waals surface area contributed by atoms with Crippen LogP contribution in [0.25, 0.3) is 0 Å². The number of aryl methyl sites for hydroxylation is 1. The van der Waals surface area contributed by atoms with E-state index in [9.17, 15) is 8.42 Å². The second-order valence-corrected chi connectivity index (χ2v) is 7.75. The summed E-state index contributed by atoms with van der Waals surface area (Å²) in [4.78, 5) is 0.937. The van der Waals surface area contributed by atoms with Crippen LogP contribution in [0.4, 0.5) is 5.82 Å². The molecular weight excluding hydrogens is 364 g/mol. The number of nitrogens with zero attached hydrogens (tertiary/aromatic N) is 2. The number of halogens is 1. The Labute approximate surface area is 130 Å². The summed E-state index contributed by atoms with van der Waals surface area (Å²) in [6, 6.07) is 1.88. The normalized spacial score (nSPS) is 11.9.